The summed E-state index contributed by atoms with van der Waals surface area (Å²) in [5.41, 5.74) is 0.978. The van der Waals surface area contributed by atoms with E-state index in [1.807, 2.05) is 24.3 Å². The molecular formula is C14H18IN3O. The van der Waals surface area contributed by atoms with E-state index in [0.717, 1.165) is 28.5 Å². The van der Waals surface area contributed by atoms with E-state index in [9.17, 15) is 0 Å². The summed E-state index contributed by atoms with van der Waals surface area (Å²) in [6, 6.07) is 8.58. The lowest BCUT2D eigenvalue weighted by Crippen LogP contribution is -2.23. The van der Waals surface area contributed by atoms with Crippen LogP contribution in [0.5, 0.6) is 0 Å². The predicted octanol–water partition coefficient (Wildman–Crippen LogP) is 3.27. The van der Waals surface area contributed by atoms with Crippen LogP contribution in [0, 0.1) is 3.57 Å². The first-order valence-electron chi connectivity index (χ1n) is 6.47. The highest BCUT2D eigenvalue weighted by Crippen LogP contribution is 2.20. The summed E-state index contributed by atoms with van der Waals surface area (Å²) in [7, 11) is 0. The van der Waals surface area contributed by atoms with Crippen LogP contribution in [0.15, 0.2) is 28.7 Å². The molecule has 1 heterocycles. The Morgan fingerprint density at radius 3 is 2.89 bits per heavy atom. The average molecular weight is 371 g/mol. The third-order valence-electron chi connectivity index (χ3n) is 2.66. The van der Waals surface area contributed by atoms with Gasteiger partial charge in [0.15, 0.2) is 0 Å². The van der Waals surface area contributed by atoms with Crippen LogP contribution in [0.2, 0.25) is 0 Å². The maximum Gasteiger partial charge on any atom is 0.247 e. The molecule has 102 valence electrons. The number of aryl methyl sites for hydroxylation is 1. The fraction of sp³-hybridized carbons (Fsp3) is 0.429. The van der Waals surface area contributed by atoms with Crippen molar-refractivity contribution in [1.82, 2.24) is 15.5 Å². The Morgan fingerprint density at radius 2 is 2.16 bits per heavy atom. The highest BCUT2D eigenvalue weighted by molar-refractivity contribution is 14.1. The zero-order valence-corrected chi connectivity index (χ0v) is 13.3. The predicted molar refractivity (Wildman–Crippen MR) is 83.9 cm³/mol. The molecule has 1 N–H and O–H groups in total. The van der Waals surface area contributed by atoms with Crippen molar-refractivity contribution in [2.45, 2.75) is 32.7 Å². The normalized spacial score (nSPS) is 11.2. The van der Waals surface area contributed by atoms with E-state index in [1.165, 1.54) is 0 Å². The van der Waals surface area contributed by atoms with Gasteiger partial charge in [0.2, 0.25) is 11.8 Å². The number of aromatic nitrogens is 2. The van der Waals surface area contributed by atoms with Gasteiger partial charge in [-0.1, -0.05) is 19.9 Å². The molecule has 1 aromatic heterocycles. The SMILES string of the molecule is CC(C)NCCCc1nnc(-c2cccc(I)c2)o1. The van der Waals surface area contributed by atoms with Crippen molar-refractivity contribution < 1.29 is 4.42 Å². The van der Waals surface area contributed by atoms with Crippen molar-refractivity contribution in [3.05, 3.63) is 33.7 Å². The lowest BCUT2D eigenvalue weighted by atomic mass is 10.2. The third-order valence-corrected chi connectivity index (χ3v) is 3.33. The van der Waals surface area contributed by atoms with E-state index in [-0.39, 0.29) is 0 Å². The Hall–Kier alpha value is -0.950. The van der Waals surface area contributed by atoms with E-state index in [1.54, 1.807) is 0 Å². The monoisotopic (exact) mass is 371 g/mol. The van der Waals surface area contributed by atoms with Gasteiger partial charge >= 0.3 is 0 Å². The fourth-order valence-electron chi connectivity index (χ4n) is 1.72. The first kappa shape index (κ1) is 14.5. The van der Waals surface area contributed by atoms with Gasteiger partial charge in [0.05, 0.1) is 0 Å². The first-order chi connectivity index (χ1) is 9.15. The summed E-state index contributed by atoms with van der Waals surface area (Å²) in [5, 5.41) is 11.6. The molecule has 0 bridgehead atoms. The van der Waals surface area contributed by atoms with Crippen molar-refractivity contribution in [1.29, 1.82) is 0 Å². The summed E-state index contributed by atoms with van der Waals surface area (Å²) in [6.45, 7) is 5.25. The number of nitrogens with zero attached hydrogens (tertiary/aromatic N) is 2. The van der Waals surface area contributed by atoms with Gasteiger partial charge in [-0.25, -0.2) is 0 Å². The molecule has 0 amide bonds. The molecule has 0 saturated heterocycles. The van der Waals surface area contributed by atoms with Crippen LogP contribution in [-0.4, -0.2) is 22.8 Å². The second-order valence-corrected chi connectivity index (χ2v) is 5.97. The van der Waals surface area contributed by atoms with E-state index >= 15 is 0 Å². The lowest BCUT2D eigenvalue weighted by Gasteiger charge is -2.05. The summed E-state index contributed by atoms with van der Waals surface area (Å²) in [4.78, 5) is 0. The zero-order chi connectivity index (χ0) is 13.7. The molecule has 0 fully saturated rings. The zero-order valence-electron chi connectivity index (χ0n) is 11.2. The van der Waals surface area contributed by atoms with Crippen molar-refractivity contribution in [3.63, 3.8) is 0 Å². The molecule has 0 atom stereocenters. The largest absolute Gasteiger partial charge is 0.421 e. The maximum atomic E-state index is 5.68. The average Bonchev–Trinajstić information content (AvgIpc) is 2.83. The molecule has 0 unspecified atom stereocenters. The standard InChI is InChI=1S/C14H18IN3O/c1-10(2)16-8-4-7-13-17-18-14(19-13)11-5-3-6-12(15)9-11/h3,5-6,9-10,16H,4,7-8H2,1-2H3. The van der Waals surface area contributed by atoms with Gasteiger partial charge in [-0.15, -0.1) is 10.2 Å². The molecule has 0 aliphatic carbocycles. The molecule has 2 rings (SSSR count). The van der Waals surface area contributed by atoms with Gasteiger partial charge < -0.3 is 9.73 Å². The van der Waals surface area contributed by atoms with Crippen molar-refractivity contribution >= 4 is 22.6 Å². The van der Waals surface area contributed by atoms with Gasteiger partial charge in [0.25, 0.3) is 0 Å². The van der Waals surface area contributed by atoms with Crippen LogP contribution in [0.3, 0.4) is 0 Å². The summed E-state index contributed by atoms with van der Waals surface area (Å²) in [5.74, 6) is 1.31. The second kappa shape index (κ2) is 7.00. The number of rotatable bonds is 6. The number of halogens is 1. The summed E-state index contributed by atoms with van der Waals surface area (Å²) >= 11 is 2.27. The van der Waals surface area contributed by atoms with Crippen molar-refractivity contribution in [2.24, 2.45) is 0 Å². The highest BCUT2D eigenvalue weighted by Gasteiger charge is 2.08. The summed E-state index contributed by atoms with van der Waals surface area (Å²) in [6.07, 6.45) is 1.82. The quantitative estimate of drug-likeness (QED) is 0.626. The van der Waals surface area contributed by atoms with Crippen LogP contribution < -0.4 is 5.32 Å². The molecule has 5 heteroatoms. The summed E-state index contributed by atoms with van der Waals surface area (Å²) < 4.78 is 6.84. The Morgan fingerprint density at radius 1 is 1.32 bits per heavy atom. The van der Waals surface area contributed by atoms with E-state index in [4.69, 9.17) is 4.42 Å². The fourth-order valence-corrected chi connectivity index (χ4v) is 2.27. The molecule has 0 spiro atoms. The smallest absolute Gasteiger partial charge is 0.247 e. The topological polar surface area (TPSA) is 51.0 Å². The van der Waals surface area contributed by atoms with Crippen LogP contribution in [0.4, 0.5) is 0 Å². The van der Waals surface area contributed by atoms with Gasteiger partial charge in [0.1, 0.15) is 0 Å². The molecule has 19 heavy (non-hydrogen) atoms. The molecule has 4 nitrogen and oxygen atoms in total. The van der Waals surface area contributed by atoms with Crippen LogP contribution in [-0.2, 0) is 6.42 Å². The molecule has 2 aromatic rings. The minimum atomic E-state index is 0.518. The van der Waals surface area contributed by atoms with E-state index < -0.39 is 0 Å². The Balaban J connectivity index is 1.92. The Kier molecular flexibility index (Phi) is 5.33. The first-order valence-corrected chi connectivity index (χ1v) is 7.55. The molecular weight excluding hydrogens is 353 g/mol. The Bertz CT molecular complexity index is 525. The van der Waals surface area contributed by atoms with Gasteiger partial charge in [-0.05, 0) is 53.8 Å². The van der Waals surface area contributed by atoms with Crippen molar-refractivity contribution in [2.75, 3.05) is 6.54 Å². The lowest BCUT2D eigenvalue weighted by molar-refractivity contribution is 0.484. The number of nitrogens with one attached hydrogen (secondary N) is 1. The molecule has 0 saturated carbocycles. The minimum Gasteiger partial charge on any atom is -0.421 e. The number of hydrogen-bond donors (Lipinski definition) is 1. The van der Waals surface area contributed by atoms with Crippen LogP contribution in [0.25, 0.3) is 11.5 Å². The molecule has 0 aliphatic rings. The van der Waals surface area contributed by atoms with Gasteiger partial charge in [-0.3, -0.25) is 0 Å². The molecule has 0 radical (unpaired) electrons. The van der Waals surface area contributed by atoms with E-state index in [0.29, 0.717) is 17.8 Å². The number of benzene rings is 1. The van der Waals surface area contributed by atoms with Crippen LogP contribution >= 0.6 is 22.6 Å². The third kappa shape index (κ3) is 4.58. The molecule has 1 aromatic carbocycles. The minimum absolute atomic E-state index is 0.518. The van der Waals surface area contributed by atoms with Crippen LogP contribution in [0.1, 0.15) is 26.2 Å². The Labute approximate surface area is 127 Å². The maximum absolute atomic E-state index is 5.68. The highest BCUT2D eigenvalue weighted by atomic mass is 127. The van der Waals surface area contributed by atoms with Crippen molar-refractivity contribution in [3.8, 4) is 11.5 Å². The second-order valence-electron chi connectivity index (χ2n) is 4.72. The van der Waals surface area contributed by atoms with Gasteiger partial charge in [0, 0.05) is 21.6 Å². The number of hydrogen-bond acceptors (Lipinski definition) is 4. The van der Waals surface area contributed by atoms with Gasteiger partial charge in [-0.2, -0.15) is 0 Å². The molecule has 0 aliphatic heterocycles. The van der Waals surface area contributed by atoms with E-state index in [2.05, 4.69) is 52.0 Å².